The monoisotopic (exact) mass is 200 g/mol. The molecule has 0 atom stereocenters. The molecule has 15 heavy (non-hydrogen) atoms. The van der Waals surface area contributed by atoms with E-state index in [4.69, 9.17) is 4.74 Å². The summed E-state index contributed by atoms with van der Waals surface area (Å²) >= 11 is 0. The second-order valence-corrected chi connectivity index (χ2v) is 3.74. The molecule has 0 spiro atoms. The molecule has 0 unspecified atom stereocenters. The lowest BCUT2D eigenvalue weighted by Crippen LogP contribution is -2.06. The van der Waals surface area contributed by atoms with Crippen molar-refractivity contribution < 1.29 is 4.74 Å². The first-order valence-electron chi connectivity index (χ1n) is 5.11. The van der Waals surface area contributed by atoms with Crippen molar-refractivity contribution >= 4 is 0 Å². The molecule has 2 heterocycles. The van der Waals surface area contributed by atoms with Gasteiger partial charge in [0.25, 0.3) is 0 Å². The first kappa shape index (κ1) is 8.53. The summed E-state index contributed by atoms with van der Waals surface area (Å²) in [6, 6.07) is 10.2. The summed E-state index contributed by atoms with van der Waals surface area (Å²) in [6.07, 6.45) is 0. The summed E-state index contributed by atoms with van der Waals surface area (Å²) in [5.41, 5.74) is 3.35. The molecule has 0 radical (unpaired) electrons. The average Bonchev–Trinajstić information content (AvgIpc) is 2.52. The van der Waals surface area contributed by atoms with Crippen LogP contribution >= 0.6 is 0 Å². The molecule has 2 aromatic rings. The van der Waals surface area contributed by atoms with Gasteiger partial charge in [0, 0.05) is 5.56 Å². The van der Waals surface area contributed by atoms with Gasteiger partial charge in [-0.3, -0.25) is 4.68 Å². The van der Waals surface area contributed by atoms with E-state index >= 15 is 0 Å². The Labute approximate surface area is 88.3 Å². The van der Waals surface area contributed by atoms with E-state index in [2.05, 4.69) is 17.2 Å². The van der Waals surface area contributed by atoms with Crippen molar-refractivity contribution in [1.29, 1.82) is 0 Å². The third-order valence-corrected chi connectivity index (χ3v) is 2.63. The maximum atomic E-state index is 5.67. The Morgan fingerprint density at radius 1 is 1.33 bits per heavy atom. The topological polar surface area (TPSA) is 27.1 Å². The number of para-hydroxylation sites is 1. The van der Waals surface area contributed by atoms with E-state index in [9.17, 15) is 0 Å². The van der Waals surface area contributed by atoms with Crippen molar-refractivity contribution in [3.8, 4) is 17.0 Å². The van der Waals surface area contributed by atoms with Gasteiger partial charge in [0.1, 0.15) is 12.4 Å². The minimum atomic E-state index is 0.686. The second kappa shape index (κ2) is 3.12. The van der Waals surface area contributed by atoms with Crippen LogP contribution in [0.15, 0.2) is 30.3 Å². The normalized spacial score (nSPS) is 13.7. The molecule has 3 heteroatoms. The van der Waals surface area contributed by atoms with Crippen LogP contribution in [0.2, 0.25) is 0 Å². The van der Waals surface area contributed by atoms with Gasteiger partial charge in [-0.15, -0.1) is 0 Å². The molecule has 3 nitrogen and oxygen atoms in total. The first-order chi connectivity index (χ1) is 7.34. The molecule has 1 aromatic carbocycles. The van der Waals surface area contributed by atoms with Gasteiger partial charge in [0.15, 0.2) is 0 Å². The van der Waals surface area contributed by atoms with Crippen molar-refractivity contribution in [2.24, 2.45) is 0 Å². The van der Waals surface area contributed by atoms with Crippen LogP contribution in [0.3, 0.4) is 0 Å². The van der Waals surface area contributed by atoms with Crippen molar-refractivity contribution in [2.45, 2.75) is 13.5 Å². The Morgan fingerprint density at radius 2 is 2.20 bits per heavy atom. The summed E-state index contributed by atoms with van der Waals surface area (Å²) in [6.45, 7) is 3.52. The Kier molecular flexibility index (Phi) is 1.78. The van der Waals surface area contributed by atoms with Crippen LogP contribution in [-0.2, 0) is 6.54 Å². The quantitative estimate of drug-likeness (QED) is 0.652. The minimum Gasteiger partial charge on any atom is -0.491 e. The summed E-state index contributed by atoms with van der Waals surface area (Å²) in [4.78, 5) is 0. The summed E-state index contributed by atoms with van der Waals surface area (Å²) in [7, 11) is 0. The Bertz CT molecular complexity index is 502. The van der Waals surface area contributed by atoms with Crippen molar-refractivity contribution in [2.75, 3.05) is 6.61 Å². The van der Waals surface area contributed by atoms with Gasteiger partial charge in [-0.25, -0.2) is 0 Å². The SMILES string of the molecule is Cc1cc2n(n1)CCOc1ccccc1-2. The fraction of sp³-hybridized carbons (Fsp3) is 0.250. The number of nitrogens with zero attached hydrogens (tertiary/aromatic N) is 2. The van der Waals surface area contributed by atoms with Gasteiger partial charge in [-0.1, -0.05) is 12.1 Å². The van der Waals surface area contributed by atoms with Crippen molar-refractivity contribution in [3.63, 3.8) is 0 Å². The lowest BCUT2D eigenvalue weighted by Gasteiger charge is -2.04. The molecule has 0 saturated heterocycles. The van der Waals surface area contributed by atoms with E-state index in [1.165, 1.54) is 0 Å². The summed E-state index contributed by atoms with van der Waals surface area (Å²) in [5, 5.41) is 4.45. The predicted molar refractivity (Wildman–Crippen MR) is 57.9 cm³/mol. The highest BCUT2D eigenvalue weighted by atomic mass is 16.5. The lowest BCUT2D eigenvalue weighted by molar-refractivity contribution is 0.300. The molecule has 0 saturated carbocycles. The van der Waals surface area contributed by atoms with Crippen LogP contribution in [0.25, 0.3) is 11.3 Å². The Hall–Kier alpha value is -1.77. The van der Waals surface area contributed by atoms with Gasteiger partial charge in [0.05, 0.1) is 17.9 Å². The van der Waals surface area contributed by atoms with Gasteiger partial charge >= 0.3 is 0 Å². The molecule has 1 aliphatic rings. The molecule has 0 aliphatic carbocycles. The number of fused-ring (bicyclic) bond motifs is 3. The molecule has 0 N–H and O–H groups in total. The Morgan fingerprint density at radius 3 is 3.13 bits per heavy atom. The number of benzene rings is 1. The smallest absolute Gasteiger partial charge is 0.128 e. The van der Waals surface area contributed by atoms with Crippen LogP contribution in [-0.4, -0.2) is 16.4 Å². The second-order valence-electron chi connectivity index (χ2n) is 3.74. The van der Waals surface area contributed by atoms with E-state index in [1.807, 2.05) is 29.8 Å². The fourth-order valence-corrected chi connectivity index (χ4v) is 1.98. The molecule has 1 aromatic heterocycles. The molecule has 76 valence electrons. The van der Waals surface area contributed by atoms with E-state index in [0.717, 1.165) is 29.2 Å². The maximum Gasteiger partial charge on any atom is 0.128 e. The van der Waals surface area contributed by atoms with Gasteiger partial charge in [0.2, 0.25) is 0 Å². The zero-order valence-electron chi connectivity index (χ0n) is 8.60. The third-order valence-electron chi connectivity index (χ3n) is 2.63. The van der Waals surface area contributed by atoms with Crippen molar-refractivity contribution in [1.82, 2.24) is 9.78 Å². The van der Waals surface area contributed by atoms with Gasteiger partial charge in [-0.2, -0.15) is 5.10 Å². The molecular weight excluding hydrogens is 188 g/mol. The maximum absolute atomic E-state index is 5.67. The van der Waals surface area contributed by atoms with Crippen LogP contribution in [0.5, 0.6) is 5.75 Å². The number of hydrogen-bond acceptors (Lipinski definition) is 2. The fourth-order valence-electron chi connectivity index (χ4n) is 1.98. The van der Waals surface area contributed by atoms with Crippen LogP contribution < -0.4 is 4.74 Å². The van der Waals surface area contributed by atoms with Crippen LogP contribution in [0.1, 0.15) is 5.69 Å². The zero-order valence-corrected chi connectivity index (χ0v) is 8.60. The Balaban J connectivity index is 2.26. The average molecular weight is 200 g/mol. The van der Waals surface area contributed by atoms with Gasteiger partial charge < -0.3 is 4.74 Å². The largest absolute Gasteiger partial charge is 0.491 e. The number of aromatic nitrogens is 2. The predicted octanol–water partition coefficient (Wildman–Crippen LogP) is 2.25. The van der Waals surface area contributed by atoms with Gasteiger partial charge in [-0.05, 0) is 25.1 Å². The number of aryl methyl sites for hydroxylation is 1. The summed E-state index contributed by atoms with van der Waals surface area (Å²) < 4.78 is 7.68. The number of ether oxygens (including phenoxy) is 1. The van der Waals surface area contributed by atoms with E-state index in [0.29, 0.717) is 6.61 Å². The van der Waals surface area contributed by atoms with Crippen LogP contribution in [0, 0.1) is 6.92 Å². The number of rotatable bonds is 0. The number of hydrogen-bond donors (Lipinski definition) is 0. The molecule has 0 amide bonds. The molecule has 1 aliphatic heterocycles. The molecule has 3 rings (SSSR count). The lowest BCUT2D eigenvalue weighted by atomic mass is 10.1. The highest BCUT2D eigenvalue weighted by Gasteiger charge is 2.15. The molecule has 0 bridgehead atoms. The zero-order chi connectivity index (χ0) is 10.3. The molecule has 0 fully saturated rings. The van der Waals surface area contributed by atoms with E-state index in [-0.39, 0.29) is 0 Å². The highest BCUT2D eigenvalue weighted by molar-refractivity contribution is 5.68. The minimum absolute atomic E-state index is 0.686. The standard InChI is InChI=1S/C12H12N2O/c1-9-8-11-10-4-2-3-5-12(10)15-7-6-14(11)13-9/h2-5,8H,6-7H2,1H3. The van der Waals surface area contributed by atoms with E-state index < -0.39 is 0 Å². The van der Waals surface area contributed by atoms with Crippen LogP contribution in [0.4, 0.5) is 0 Å². The van der Waals surface area contributed by atoms with E-state index in [1.54, 1.807) is 0 Å². The highest BCUT2D eigenvalue weighted by Crippen LogP contribution is 2.32. The summed E-state index contributed by atoms with van der Waals surface area (Å²) in [5.74, 6) is 0.955. The first-order valence-corrected chi connectivity index (χ1v) is 5.11. The molecular formula is C12H12N2O. The third kappa shape index (κ3) is 1.31. The van der Waals surface area contributed by atoms with Crippen molar-refractivity contribution in [3.05, 3.63) is 36.0 Å².